The summed E-state index contributed by atoms with van der Waals surface area (Å²) >= 11 is 0. The Labute approximate surface area is 270 Å². The van der Waals surface area contributed by atoms with Crippen LogP contribution in [-0.4, -0.2) is 54.5 Å². The van der Waals surface area contributed by atoms with Gasteiger partial charge in [0.1, 0.15) is 6.54 Å². The number of H-pyrrole nitrogens is 3. The molecule has 0 fully saturated rings. The van der Waals surface area contributed by atoms with Gasteiger partial charge in [0.2, 0.25) is 5.88 Å². The van der Waals surface area contributed by atoms with Gasteiger partial charge in [-0.1, -0.05) is 19.6 Å². The molecule has 5 N–H and O–H groups in total. The van der Waals surface area contributed by atoms with Gasteiger partial charge in [0, 0.05) is 33.3 Å². The topological polar surface area (TPSA) is 166 Å². The molecule has 0 aromatic carbocycles. The van der Waals surface area contributed by atoms with E-state index < -0.39 is 24.0 Å². The van der Waals surface area contributed by atoms with E-state index in [-0.39, 0.29) is 17.6 Å². The largest absolute Gasteiger partial charge is 0.494 e. The van der Waals surface area contributed by atoms with Gasteiger partial charge in [-0.25, -0.2) is 4.99 Å². The van der Waals surface area contributed by atoms with Crippen LogP contribution in [-0.2, 0) is 27.3 Å². The Morgan fingerprint density at radius 2 is 1.74 bits per heavy atom. The first kappa shape index (κ1) is 31.4. The predicted octanol–water partition coefficient (Wildman–Crippen LogP) is 3.99. The number of aromatic hydroxyl groups is 1. The molecule has 2 aliphatic heterocycles. The number of nitrogens with one attached hydrogen (secondary N) is 3. The highest BCUT2D eigenvalue weighted by Crippen LogP contribution is 2.38. The lowest BCUT2D eigenvalue weighted by Gasteiger charge is -2.15. The Bertz CT molecular complexity index is 2300. The molecule has 0 aliphatic carbocycles. The van der Waals surface area contributed by atoms with Crippen LogP contribution in [0.3, 0.4) is 0 Å². The maximum Gasteiger partial charge on any atom is 0.323 e. The van der Waals surface area contributed by atoms with Crippen molar-refractivity contribution in [2.24, 2.45) is 4.99 Å². The summed E-state index contributed by atoms with van der Waals surface area (Å²) in [4.78, 5) is 52.2. The molecule has 4 aromatic heterocycles. The second-order valence-corrected chi connectivity index (χ2v) is 12.0. The van der Waals surface area contributed by atoms with Gasteiger partial charge < -0.3 is 29.9 Å². The van der Waals surface area contributed by atoms with Gasteiger partial charge in [-0.05, 0) is 98.6 Å². The molecule has 0 saturated carbocycles. The van der Waals surface area contributed by atoms with Crippen molar-refractivity contribution < 1.29 is 24.5 Å². The fourth-order valence-electron chi connectivity index (χ4n) is 6.84. The Morgan fingerprint density at radius 3 is 2.43 bits per heavy atom. The number of nitrogens with zero attached hydrogens (tertiary/aromatic N) is 2. The summed E-state index contributed by atoms with van der Waals surface area (Å²) < 4.78 is 5.84. The van der Waals surface area contributed by atoms with Crippen LogP contribution < -0.4 is 16.3 Å². The van der Waals surface area contributed by atoms with E-state index in [0.717, 1.165) is 66.5 Å². The number of fused-ring (bicyclic) bond motifs is 7. The van der Waals surface area contributed by atoms with E-state index in [1.165, 1.54) is 0 Å². The summed E-state index contributed by atoms with van der Waals surface area (Å²) in [6, 6.07) is 0. The standard InChI is InChI=1S/C36H37N5O6/c1-7-21-17(3)24-12-26-19(5)23(10-9-11-47-16-42)33(39-26)32-34-31(35(45)41(36(32)46)15-30(43)44)20(6)27(40-34)14-29-22(8-2)18(4)25(38-29)13-28(21)37-24/h7,12-14,16,37-38,40,46H,1,8-11,15H2,2-6H3,(H,43,44). The van der Waals surface area contributed by atoms with Crippen molar-refractivity contribution in [2.45, 2.75) is 60.4 Å². The highest BCUT2D eigenvalue weighted by molar-refractivity contribution is 6.23. The van der Waals surface area contributed by atoms with Crippen molar-refractivity contribution in [2.75, 3.05) is 6.61 Å². The van der Waals surface area contributed by atoms with E-state index in [9.17, 15) is 24.6 Å². The zero-order valence-electron chi connectivity index (χ0n) is 27.1. The van der Waals surface area contributed by atoms with E-state index in [4.69, 9.17) is 9.73 Å². The first-order chi connectivity index (χ1) is 22.5. The Morgan fingerprint density at radius 1 is 1.02 bits per heavy atom. The minimum atomic E-state index is -1.27. The van der Waals surface area contributed by atoms with Crippen LogP contribution >= 0.6 is 0 Å². The zero-order valence-corrected chi connectivity index (χ0v) is 27.1. The Balaban J connectivity index is 1.79. The number of rotatable bonds is 9. The minimum absolute atomic E-state index is 0.183. The third-order valence-electron chi connectivity index (χ3n) is 9.35. The summed E-state index contributed by atoms with van der Waals surface area (Å²) in [6.45, 7) is 13.8. The van der Waals surface area contributed by atoms with Crippen LogP contribution in [0.1, 0.15) is 77.2 Å². The molecule has 6 rings (SSSR count). The molecular weight excluding hydrogens is 598 g/mol. The smallest absolute Gasteiger partial charge is 0.323 e. The van der Waals surface area contributed by atoms with Crippen LogP contribution in [0.5, 0.6) is 5.88 Å². The molecule has 2 aliphatic rings. The lowest BCUT2D eigenvalue weighted by Crippen LogP contribution is -2.26. The number of carboxylic acid groups (broad SMARTS) is 1. The molecule has 11 heteroatoms. The summed E-state index contributed by atoms with van der Waals surface area (Å²) in [5, 5.41) is 23.5. The normalized spacial score (nSPS) is 13.8. The average molecular weight is 636 g/mol. The number of aromatic amines is 3. The fraction of sp³-hybridized carbons (Fsp3) is 0.278. The molecule has 0 amide bonds. The Kier molecular flexibility index (Phi) is 8.00. The molecule has 47 heavy (non-hydrogen) atoms. The number of allylic oxidation sites excluding steroid dienone is 2. The molecule has 0 radical (unpaired) electrons. The van der Waals surface area contributed by atoms with Gasteiger partial charge in [0.25, 0.3) is 12.0 Å². The first-order valence-corrected chi connectivity index (χ1v) is 15.5. The highest BCUT2D eigenvalue weighted by atomic mass is 16.5. The highest BCUT2D eigenvalue weighted by Gasteiger charge is 2.31. The molecule has 0 unspecified atom stereocenters. The number of carbonyl (C=O) groups is 2. The number of carbonyl (C=O) groups excluding carboxylic acids is 1. The predicted molar refractivity (Wildman–Crippen MR) is 182 cm³/mol. The maximum absolute atomic E-state index is 13.9. The third kappa shape index (κ3) is 5.08. The minimum Gasteiger partial charge on any atom is -0.494 e. The number of hydrogen-bond donors (Lipinski definition) is 5. The second-order valence-electron chi connectivity index (χ2n) is 12.0. The summed E-state index contributed by atoms with van der Waals surface area (Å²) in [6.07, 6.45) is 9.48. The Hall–Kier alpha value is -5.58. The number of aryl methyl sites for hydroxylation is 1. The lowest BCUT2D eigenvalue weighted by molar-refractivity contribution is -0.137. The molecule has 242 valence electrons. The molecule has 8 bridgehead atoms. The third-order valence-corrected chi connectivity index (χ3v) is 9.35. The van der Waals surface area contributed by atoms with Crippen LogP contribution in [0.25, 0.3) is 35.2 Å². The number of hydrogen-bond acceptors (Lipinski definition) is 6. The van der Waals surface area contributed by atoms with E-state index in [1.54, 1.807) is 6.92 Å². The number of aliphatic carboxylic acids is 1. The molecule has 0 atom stereocenters. The zero-order chi connectivity index (χ0) is 33.7. The average Bonchev–Trinajstić information content (AvgIpc) is 3.71. The molecular formula is C36H37N5O6. The molecule has 11 nitrogen and oxygen atoms in total. The van der Waals surface area contributed by atoms with Crippen LogP contribution in [0.2, 0.25) is 0 Å². The van der Waals surface area contributed by atoms with Crippen LogP contribution in [0, 0.1) is 20.8 Å². The van der Waals surface area contributed by atoms with Crippen molar-refractivity contribution in [3.63, 3.8) is 0 Å². The van der Waals surface area contributed by atoms with Crippen molar-refractivity contribution in [3.05, 3.63) is 94.9 Å². The van der Waals surface area contributed by atoms with Gasteiger partial charge in [0.15, 0.2) is 0 Å². The van der Waals surface area contributed by atoms with E-state index in [0.29, 0.717) is 47.5 Å². The number of aromatic nitrogens is 4. The summed E-state index contributed by atoms with van der Waals surface area (Å²) in [5.74, 6) is -1.77. The maximum atomic E-state index is 13.9. The van der Waals surface area contributed by atoms with E-state index in [2.05, 4.69) is 41.5 Å². The quantitative estimate of drug-likeness (QED) is 0.138. The summed E-state index contributed by atoms with van der Waals surface area (Å²) in [7, 11) is 0. The number of ether oxygens (including phenoxy) is 1. The van der Waals surface area contributed by atoms with E-state index >= 15 is 0 Å². The SMILES string of the molecule is C=Cc1c2[nH]c(c1C)C=C1N=C(C(CCCOC=O)=C1C)c1c(O)n(CC(=O)O)c(=O)c3c(C)c([nH]c13)C=c1[nH]c(c(C)c1CC)=C2. The molecule has 6 heterocycles. The monoisotopic (exact) mass is 635 g/mol. The van der Waals surface area contributed by atoms with Gasteiger partial charge in [0.05, 0.1) is 34.5 Å². The van der Waals surface area contributed by atoms with Gasteiger partial charge in [-0.3, -0.25) is 19.0 Å². The van der Waals surface area contributed by atoms with Crippen LogP contribution in [0.15, 0.2) is 33.2 Å². The first-order valence-electron chi connectivity index (χ1n) is 15.5. The van der Waals surface area contributed by atoms with Crippen molar-refractivity contribution in [3.8, 4) is 5.88 Å². The molecule has 0 saturated heterocycles. The van der Waals surface area contributed by atoms with Crippen molar-refractivity contribution in [1.29, 1.82) is 0 Å². The molecule has 4 aromatic rings. The van der Waals surface area contributed by atoms with Crippen molar-refractivity contribution >= 4 is 53.4 Å². The summed E-state index contributed by atoms with van der Waals surface area (Å²) in [5.41, 5.74) is 9.74. The number of aliphatic imine (C=N–C) groups is 1. The molecule has 0 spiro atoms. The van der Waals surface area contributed by atoms with Gasteiger partial charge >= 0.3 is 5.97 Å². The lowest BCUT2D eigenvalue weighted by atomic mass is 9.95. The van der Waals surface area contributed by atoms with Gasteiger partial charge in [-0.15, -0.1) is 0 Å². The number of carboxylic acids is 1. The number of pyridine rings is 1. The second kappa shape index (κ2) is 12.0. The van der Waals surface area contributed by atoms with E-state index in [1.807, 2.05) is 32.1 Å². The van der Waals surface area contributed by atoms with Crippen molar-refractivity contribution in [1.82, 2.24) is 19.5 Å². The van der Waals surface area contributed by atoms with Gasteiger partial charge in [-0.2, -0.15) is 0 Å². The fourth-order valence-corrected chi connectivity index (χ4v) is 6.84. The van der Waals surface area contributed by atoms with Crippen LogP contribution in [0.4, 0.5) is 0 Å².